The molecule has 0 fully saturated rings. The maximum absolute atomic E-state index is 13.2. The van der Waals surface area contributed by atoms with Crippen molar-refractivity contribution in [3.05, 3.63) is 41.7 Å². The van der Waals surface area contributed by atoms with Crippen LogP contribution in [0.3, 0.4) is 0 Å². The largest absolute Gasteiger partial charge is 0.372 e. The van der Waals surface area contributed by atoms with Gasteiger partial charge < -0.3 is 5.32 Å². The quantitative estimate of drug-likeness (QED) is 0.840. The fourth-order valence-corrected chi connectivity index (χ4v) is 1.50. The molecule has 2 rings (SSSR count). The molecule has 0 bridgehead atoms. The van der Waals surface area contributed by atoms with Crippen LogP contribution >= 0.6 is 0 Å². The smallest absolute Gasteiger partial charge is 0.148 e. The molecule has 1 heterocycles. The van der Waals surface area contributed by atoms with Crippen LogP contribution in [0.15, 0.2) is 30.3 Å². The summed E-state index contributed by atoms with van der Waals surface area (Å²) in [7, 11) is 1.77. The van der Waals surface area contributed by atoms with Crippen molar-refractivity contribution in [3.8, 4) is 11.3 Å². The molecule has 0 amide bonds. The van der Waals surface area contributed by atoms with Gasteiger partial charge in [-0.05, 0) is 42.8 Å². The number of benzene rings is 1. The van der Waals surface area contributed by atoms with Crippen LogP contribution in [0.4, 0.5) is 10.2 Å². The van der Waals surface area contributed by atoms with Gasteiger partial charge >= 0.3 is 0 Å². The van der Waals surface area contributed by atoms with Gasteiger partial charge in [0.1, 0.15) is 11.6 Å². The highest BCUT2D eigenvalue weighted by molar-refractivity contribution is 5.60. The van der Waals surface area contributed by atoms with Gasteiger partial charge in [-0.25, -0.2) is 4.39 Å². The molecule has 0 aliphatic carbocycles. The third kappa shape index (κ3) is 2.16. The van der Waals surface area contributed by atoms with Crippen LogP contribution in [-0.4, -0.2) is 17.2 Å². The fourth-order valence-electron chi connectivity index (χ4n) is 1.50. The van der Waals surface area contributed by atoms with Gasteiger partial charge in [-0.15, -0.1) is 10.2 Å². The van der Waals surface area contributed by atoms with Gasteiger partial charge in [0.15, 0.2) is 0 Å². The Bertz CT molecular complexity index is 474. The summed E-state index contributed by atoms with van der Waals surface area (Å²) < 4.78 is 13.2. The first-order valence-corrected chi connectivity index (χ1v) is 4.98. The lowest BCUT2D eigenvalue weighted by Crippen LogP contribution is -1.95. The number of rotatable bonds is 2. The van der Waals surface area contributed by atoms with Gasteiger partial charge in [-0.1, -0.05) is 0 Å². The Labute approximate surface area is 93.3 Å². The maximum atomic E-state index is 13.2. The highest BCUT2D eigenvalue weighted by Gasteiger charge is 2.03. The van der Waals surface area contributed by atoms with Crippen LogP contribution in [0.1, 0.15) is 5.56 Å². The Balaban J connectivity index is 2.42. The molecule has 4 heteroatoms. The van der Waals surface area contributed by atoms with Crippen molar-refractivity contribution in [1.29, 1.82) is 0 Å². The molecular formula is C12H12FN3. The minimum atomic E-state index is -0.255. The van der Waals surface area contributed by atoms with E-state index >= 15 is 0 Å². The van der Waals surface area contributed by atoms with Crippen molar-refractivity contribution in [3.63, 3.8) is 0 Å². The third-order valence-electron chi connectivity index (χ3n) is 2.26. The normalized spacial score (nSPS) is 10.2. The van der Waals surface area contributed by atoms with Gasteiger partial charge in [0.25, 0.3) is 0 Å². The minimum absolute atomic E-state index is 0.255. The number of aryl methyl sites for hydroxylation is 1. The Morgan fingerprint density at radius 2 is 1.94 bits per heavy atom. The van der Waals surface area contributed by atoms with E-state index in [0.717, 1.165) is 11.1 Å². The molecule has 0 unspecified atom stereocenters. The highest BCUT2D eigenvalue weighted by Crippen LogP contribution is 2.19. The highest BCUT2D eigenvalue weighted by atomic mass is 19.1. The summed E-state index contributed by atoms with van der Waals surface area (Å²) in [6.07, 6.45) is 0. The number of aromatic nitrogens is 2. The summed E-state index contributed by atoms with van der Waals surface area (Å²) in [5.74, 6) is 0.436. The minimum Gasteiger partial charge on any atom is -0.372 e. The van der Waals surface area contributed by atoms with Crippen molar-refractivity contribution in [2.75, 3.05) is 12.4 Å². The van der Waals surface area contributed by atoms with Gasteiger partial charge in [0, 0.05) is 12.6 Å². The molecule has 0 spiro atoms. The van der Waals surface area contributed by atoms with Gasteiger partial charge in [-0.3, -0.25) is 0 Å². The van der Waals surface area contributed by atoms with E-state index in [2.05, 4.69) is 15.5 Å². The molecule has 0 saturated carbocycles. The van der Waals surface area contributed by atoms with Crippen LogP contribution in [0, 0.1) is 12.7 Å². The van der Waals surface area contributed by atoms with Crippen molar-refractivity contribution in [2.24, 2.45) is 0 Å². The molecule has 1 aromatic heterocycles. The molecule has 82 valence electrons. The topological polar surface area (TPSA) is 37.8 Å². The molecule has 0 atom stereocenters. The Morgan fingerprint density at radius 1 is 1.12 bits per heavy atom. The number of nitrogens with zero attached hydrogens (tertiary/aromatic N) is 2. The summed E-state index contributed by atoms with van der Waals surface area (Å²) in [5, 5.41) is 10.9. The second-order valence-electron chi connectivity index (χ2n) is 3.57. The van der Waals surface area contributed by atoms with E-state index in [1.54, 1.807) is 7.05 Å². The van der Waals surface area contributed by atoms with Gasteiger partial charge in [0.05, 0.1) is 5.69 Å². The standard InChI is InChI=1S/C12H12FN3/c1-8-5-9(7-10(13)6-8)11-3-4-12(14-2)16-15-11/h3-7H,1-2H3,(H,14,16). The lowest BCUT2D eigenvalue weighted by Gasteiger charge is -2.03. The first-order valence-electron chi connectivity index (χ1n) is 4.98. The van der Waals surface area contributed by atoms with E-state index in [0.29, 0.717) is 11.5 Å². The SMILES string of the molecule is CNc1ccc(-c2cc(C)cc(F)c2)nn1. The van der Waals surface area contributed by atoms with E-state index in [9.17, 15) is 4.39 Å². The van der Waals surface area contributed by atoms with Crippen molar-refractivity contribution >= 4 is 5.82 Å². The van der Waals surface area contributed by atoms with Crippen molar-refractivity contribution in [2.45, 2.75) is 6.92 Å². The summed E-state index contributed by atoms with van der Waals surface area (Å²) >= 11 is 0. The molecule has 16 heavy (non-hydrogen) atoms. The Morgan fingerprint density at radius 3 is 2.50 bits per heavy atom. The van der Waals surface area contributed by atoms with Crippen LogP contribution in [0.2, 0.25) is 0 Å². The van der Waals surface area contributed by atoms with Gasteiger partial charge in [-0.2, -0.15) is 0 Å². The third-order valence-corrected chi connectivity index (χ3v) is 2.26. The number of halogens is 1. The van der Waals surface area contributed by atoms with Crippen LogP contribution in [0.25, 0.3) is 11.3 Å². The van der Waals surface area contributed by atoms with E-state index in [1.807, 2.05) is 25.1 Å². The molecule has 0 radical (unpaired) electrons. The summed E-state index contributed by atoms with van der Waals surface area (Å²) in [4.78, 5) is 0. The fraction of sp³-hybridized carbons (Fsp3) is 0.167. The molecule has 1 aromatic carbocycles. The zero-order valence-electron chi connectivity index (χ0n) is 9.16. The van der Waals surface area contributed by atoms with Crippen molar-refractivity contribution < 1.29 is 4.39 Å². The molecule has 0 saturated heterocycles. The second kappa shape index (κ2) is 4.26. The zero-order valence-corrected chi connectivity index (χ0v) is 9.16. The lowest BCUT2D eigenvalue weighted by atomic mass is 10.1. The second-order valence-corrected chi connectivity index (χ2v) is 3.57. The predicted octanol–water partition coefficient (Wildman–Crippen LogP) is 2.63. The number of nitrogens with one attached hydrogen (secondary N) is 1. The first-order chi connectivity index (χ1) is 7.69. The zero-order chi connectivity index (χ0) is 11.5. The predicted molar refractivity (Wildman–Crippen MR) is 61.7 cm³/mol. The van der Waals surface area contributed by atoms with E-state index in [1.165, 1.54) is 12.1 Å². The van der Waals surface area contributed by atoms with Crippen LogP contribution < -0.4 is 5.32 Å². The molecular weight excluding hydrogens is 205 g/mol. The number of hydrogen-bond acceptors (Lipinski definition) is 3. The van der Waals surface area contributed by atoms with E-state index < -0.39 is 0 Å². The van der Waals surface area contributed by atoms with E-state index in [-0.39, 0.29) is 5.82 Å². The van der Waals surface area contributed by atoms with Gasteiger partial charge in [0.2, 0.25) is 0 Å². The molecule has 1 N–H and O–H groups in total. The average molecular weight is 217 g/mol. The number of hydrogen-bond donors (Lipinski definition) is 1. The lowest BCUT2D eigenvalue weighted by molar-refractivity contribution is 0.627. The Kier molecular flexibility index (Phi) is 2.81. The average Bonchev–Trinajstić information content (AvgIpc) is 2.28. The summed E-state index contributed by atoms with van der Waals surface area (Å²) in [6, 6.07) is 8.44. The summed E-state index contributed by atoms with van der Waals surface area (Å²) in [5.41, 5.74) is 2.28. The molecule has 2 aromatic rings. The number of anilines is 1. The molecule has 0 aliphatic heterocycles. The first kappa shape index (κ1) is 10.5. The Hall–Kier alpha value is -1.97. The maximum Gasteiger partial charge on any atom is 0.148 e. The monoisotopic (exact) mass is 217 g/mol. The van der Waals surface area contributed by atoms with E-state index in [4.69, 9.17) is 0 Å². The summed E-state index contributed by atoms with van der Waals surface area (Å²) in [6.45, 7) is 1.85. The molecule has 3 nitrogen and oxygen atoms in total. The van der Waals surface area contributed by atoms with Crippen LogP contribution in [-0.2, 0) is 0 Å². The van der Waals surface area contributed by atoms with Crippen LogP contribution in [0.5, 0.6) is 0 Å². The van der Waals surface area contributed by atoms with Crippen molar-refractivity contribution in [1.82, 2.24) is 10.2 Å². The molecule has 0 aliphatic rings.